The first-order valence-corrected chi connectivity index (χ1v) is 3.22. The molecule has 0 bridgehead atoms. The molecule has 0 atom stereocenters. The van der Waals surface area contributed by atoms with Crippen LogP contribution in [0.2, 0.25) is 0 Å². The Morgan fingerprint density at radius 3 is 1.64 bits per heavy atom. The molecule has 0 N–H and O–H groups in total. The van der Waals surface area contributed by atoms with E-state index in [1.165, 1.54) is 0 Å². The van der Waals surface area contributed by atoms with E-state index in [4.69, 9.17) is 0 Å². The Morgan fingerprint density at radius 2 is 1.21 bits per heavy atom. The van der Waals surface area contributed by atoms with Crippen LogP contribution in [0.25, 0.3) is 0 Å². The molecular formula is C6H2F8. The van der Waals surface area contributed by atoms with Crippen molar-refractivity contribution in [2.75, 3.05) is 0 Å². The second-order valence-electron chi connectivity index (χ2n) is 2.79. The van der Waals surface area contributed by atoms with Gasteiger partial charge in [0.15, 0.2) is 0 Å². The normalized spacial score (nSPS) is 29.1. The largest absolute Gasteiger partial charge is 0.363 e. The topological polar surface area (TPSA) is 0 Å². The van der Waals surface area contributed by atoms with Gasteiger partial charge in [-0.1, -0.05) is 0 Å². The summed E-state index contributed by atoms with van der Waals surface area (Å²) < 4.78 is 97.6. The summed E-state index contributed by atoms with van der Waals surface area (Å²) in [4.78, 5) is 0. The van der Waals surface area contributed by atoms with E-state index in [2.05, 4.69) is 0 Å². The fourth-order valence-electron chi connectivity index (χ4n) is 0.926. The molecule has 8 heteroatoms. The highest BCUT2D eigenvalue weighted by Gasteiger charge is 2.70. The zero-order valence-electron chi connectivity index (χ0n) is 6.23. The van der Waals surface area contributed by atoms with Gasteiger partial charge < -0.3 is 0 Å². The van der Waals surface area contributed by atoms with Gasteiger partial charge in [-0.2, -0.15) is 26.3 Å². The Hall–Kier alpha value is -0.820. The molecule has 0 aromatic carbocycles. The first-order valence-electron chi connectivity index (χ1n) is 3.22. The summed E-state index contributed by atoms with van der Waals surface area (Å²) in [7, 11) is 0. The Labute approximate surface area is 72.2 Å². The number of alkyl halides is 6. The van der Waals surface area contributed by atoms with Crippen molar-refractivity contribution < 1.29 is 35.1 Å². The van der Waals surface area contributed by atoms with E-state index >= 15 is 0 Å². The van der Waals surface area contributed by atoms with Gasteiger partial charge in [0, 0.05) is 0 Å². The summed E-state index contributed by atoms with van der Waals surface area (Å²) in [5.41, 5.74) is 0. The lowest BCUT2D eigenvalue weighted by Gasteiger charge is -2.32. The Kier molecular flexibility index (Phi) is 2.09. The molecule has 0 spiro atoms. The van der Waals surface area contributed by atoms with Crippen LogP contribution in [0.15, 0.2) is 11.7 Å². The number of rotatable bonds is 0. The molecule has 1 aliphatic rings. The summed E-state index contributed by atoms with van der Waals surface area (Å²) in [6.07, 6.45) is -2.74. The van der Waals surface area contributed by atoms with Crippen LogP contribution in [-0.4, -0.2) is 17.8 Å². The summed E-state index contributed by atoms with van der Waals surface area (Å²) in [6, 6.07) is 0. The molecule has 0 unspecified atom stereocenters. The van der Waals surface area contributed by atoms with Crippen molar-refractivity contribution in [3.63, 3.8) is 0 Å². The Morgan fingerprint density at radius 1 is 0.786 bits per heavy atom. The van der Waals surface area contributed by atoms with Gasteiger partial charge in [-0.3, -0.25) is 0 Å². The van der Waals surface area contributed by atoms with Gasteiger partial charge in [-0.15, -0.1) is 0 Å². The van der Waals surface area contributed by atoms with Gasteiger partial charge in [0.2, 0.25) is 11.7 Å². The van der Waals surface area contributed by atoms with Gasteiger partial charge in [0.05, 0.1) is 6.42 Å². The highest BCUT2D eigenvalue weighted by atomic mass is 19.3. The van der Waals surface area contributed by atoms with E-state index in [-0.39, 0.29) is 0 Å². The predicted octanol–water partition coefficient (Wildman–Crippen LogP) is 3.45. The smallest absolute Gasteiger partial charge is 0.202 e. The van der Waals surface area contributed by atoms with Crippen molar-refractivity contribution in [1.82, 2.24) is 0 Å². The molecule has 0 amide bonds. The minimum Gasteiger partial charge on any atom is -0.202 e. The molecule has 0 radical (unpaired) electrons. The number of hydrogen-bond donors (Lipinski definition) is 0. The first kappa shape index (κ1) is 11.3. The van der Waals surface area contributed by atoms with Crippen molar-refractivity contribution >= 4 is 0 Å². The first-order chi connectivity index (χ1) is 6.02. The molecule has 82 valence electrons. The molecule has 0 nitrogen and oxygen atoms in total. The lowest BCUT2D eigenvalue weighted by molar-refractivity contribution is -0.240. The van der Waals surface area contributed by atoms with Gasteiger partial charge >= 0.3 is 17.8 Å². The van der Waals surface area contributed by atoms with Crippen molar-refractivity contribution in [3.8, 4) is 0 Å². The van der Waals surface area contributed by atoms with Crippen LogP contribution in [0.1, 0.15) is 6.42 Å². The number of hydrogen-bond acceptors (Lipinski definition) is 0. The lowest BCUT2D eigenvalue weighted by Crippen LogP contribution is -2.50. The lowest BCUT2D eigenvalue weighted by atomic mass is 9.94. The molecule has 0 heterocycles. The molecule has 0 fully saturated rings. The molecule has 0 aliphatic heterocycles. The second-order valence-corrected chi connectivity index (χ2v) is 2.79. The zero-order valence-corrected chi connectivity index (χ0v) is 6.23. The maximum Gasteiger partial charge on any atom is 0.363 e. The van der Waals surface area contributed by atoms with Crippen LogP contribution < -0.4 is 0 Å². The molecule has 1 rings (SSSR count). The minimum atomic E-state index is -5.52. The molecular weight excluding hydrogens is 224 g/mol. The quantitative estimate of drug-likeness (QED) is 0.555. The summed E-state index contributed by atoms with van der Waals surface area (Å²) >= 11 is 0. The van der Waals surface area contributed by atoms with E-state index in [1.807, 2.05) is 0 Å². The molecule has 0 aromatic rings. The summed E-state index contributed by atoms with van der Waals surface area (Å²) in [5.74, 6) is -22.2. The van der Waals surface area contributed by atoms with E-state index in [0.29, 0.717) is 0 Å². The molecule has 0 saturated heterocycles. The molecule has 14 heavy (non-hydrogen) atoms. The van der Waals surface area contributed by atoms with Crippen LogP contribution in [-0.2, 0) is 0 Å². The van der Waals surface area contributed by atoms with Gasteiger partial charge in [0.25, 0.3) is 0 Å². The maximum absolute atomic E-state index is 12.2. The highest BCUT2D eigenvalue weighted by molar-refractivity contribution is 5.25. The average Bonchev–Trinajstić information content (AvgIpc) is 1.97. The second kappa shape index (κ2) is 2.60. The zero-order chi connectivity index (χ0) is 11.4. The fraction of sp³-hybridized carbons (Fsp3) is 0.667. The van der Waals surface area contributed by atoms with Crippen molar-refractivity contribution in [3.05, 3.63) is 11.7 Å². The monoisotopic (exact) mass is 226 g/mol. The van der Waals surface area contributed by atoms with Crippen LogP contribution in [0.5, 0.6) is 0 Å². The standard InChI is InChI=1S/C6H2F8/c7-2-3(8)6(13,14)5(11,12)1-4(2,9)10/h1H2. The van der Waals surface area contributed by atoms with Gasteiger partial charge in [0.1, 0.15) is 0 Å². The Bertz CT molecular complexity index is 288. The van der Waals surface area contributed by atoms with Crippen LogP contribution >= 0.6 is 0 Å². The Balaban J connectivity index is 3.34. The number of allylic oxidation sites excluding steroid dienone is 2. The van der Waals surface area contributed by atoms with Gasteiger partial charge in [-0.05, 0) is 0 Å². The van der Waals surface area contributed by atoms with E-state index in [0.717, 1.165) is 0 Å². The van der Waals surface area contributed by atoms with Crippen molar-refractivity contribution in [2.45, 2.75) is 24.2 Å². The minimum absolute atomic E-state index is 2.74. The van der Waals surface area contributed by atoms with E-state index in [1.54, 1.807) is 0 Å². The third-order valence-corrected chi connectivity index (χ3v) is 1.69. The van der Waals surface area contributed by atoms with Crippen LogP contribution in [0.3, 0.4) is 0 Å². The van der Waals surface area contributed by atoms with E-state index in [9.17, 15) is 35.1 Å². The number of halogens is 8. The third kappa shape index (κ3) is 1.27. The SMILES string of the molecule is FC1=C(F)C(F)(F)C(F)(F)CC1(F)F. The fourth-order valence-corrected chi connectivity index (χ4v) is 0.926. The van der Waals surface area contributed by atoms with E-state index < -0.39 is 35.8 Å². The molecule has 1 aliphatic carbocycles. The summed E-state index contributed by atoms with van der Waals surface area (Å²) in [6.45, 7) is 0. The third-order valence-electron chi connectivity index (χ3n) is 1.69. The van der Waals surface area contributed by atoms with Gasteiger partial charge in [-0.25, -0.2) is 8.78 Å². The van der Waals surface area contributed by atoms with Crippen LogP contribution in [0, 0.1) is 0 Å². The van der Waals surface area contributed by atoms with Crippen LogP contribution in [0.4, 0.5) is 35.1 Å². The molecule has 0 saturated carbocycles. The maximum atomic E-state index is 12.2. The van der Waals surface area contributed by atoms with Crippen molar-refractivity contribution in [1.29, 1.82) is 0 Å². The van der Waals surface area contributed by atoms with Crippen molar-refractivity contribution in [2.24, 2.45) is 0 Å². The summed E-state index contributed by atoms with van der Waals surface area (Å²) in [5, 5.41) is 0. The predicted molar refractivity (Wildman–Crippen MR) is 28.7 cm³/mol. The average molecular weight is 226 g/mol. The highest BCUT2D eigenvalue weighted by Crippen LogP contribution is 2.54. The molecule has 0 aromatic heterocycles.